The van der Waals surface area contributed by atoms with E-state index in [1.807, 2.05) is 0 Å². The van der Waals surface area contributed by atoms with Gasteiger partial charge in [-0.3, -0.25) is 0 Å². The SMILES string of the molecule is CCC(CC)[C@H](CO)c1ccc(S(N)(=O)=O)cc1. The second-order valence-corrected chi connectivity index (χ2v) is 6.04. The summed E-state index contributed by atoms with van der Waals surface area (Å²) < 4.78 is 22.3. The summed E-state index contributed by atoms with van der Waals surface area (Å²) in [5.41, 5.74) is 0.957. The highest BCUT2D eigenvalue weighted by molar-refractivity contribution is 7.89. The Labute approximate surface area is 109 Å². The first-order valence-corrected chi connectivity index (χ1v) is 7.72. The van der Waals surface area contributed by atoms with Crippen molar-refractivity contribution in [2.45, 2.75) is 37.5 Å². The van der Waals surface area contributed by atoms with E-state index in [4.69, 9.17) is 5.14 Å². The van der Waals surface area contributed by atoms with Crippen molar-refractivity contribution in [2.24, 2.45) is 11.1 Å². The largest absolute Gasteiger partial charge is 0.396 e. The molecule has 1 rings (SSSR count). The van der Waals surface area contributed by atoms with Gasteiger partial charge in [0.05, 0.1) is 11.5 Å². The minimum absolute atomic E-state index is 0.0505. The Morgan fingerprint density at radius 2 is 1.67 bits per heavy atom. The van der Waals surface area contributed by atoms with Gasteiger partial charge >= 0.3 is 0 Å². The first kappa shape index (κ1) is 15.1. The number of aliphatic hydroxyl groups excluding tert-OH is 1. The van der Waals surface area contributed by atoms with Gasteiger partial charge in [-0.1, -0.05) is 38.8 Å². The molecule has 0 radical (unpaired) electrons. The fraction of sp³-hybridized carbons (Fsp3) is 0.538. The molecule has 102 valence electrons. The van der Waals surface area contributed by atoms with Crippen molar-refractivity contribution in [3.63, 3.8) is 0 Å². The van der Waals surface area contributed by atoms with Crippen LogP contribution in [-0.2, 0) is 10.0 Å². The van der Waals surface area contributed by atoms with Gasteiger partial charge in [0.1, 0.15) is 0 Å². The molecule has 1 aromatic rings. The van der Waals surface area contributed by atoms with Crippen LogP contribution in [0.25, 0.3) is 0 Å². The van der Waals surface area contributed by atoms with E-state index in [2.05, 4.69) is 13.8 Å². The van der Waals surface area contributed by atoms with Crippen LogP contribution in [0.1, 0.15) is 38.2 Å². The monoisotopic (exact) mass is 271 g/mol. The van der Waals surface area contributed by atoms with Crippen LogP contribution >= 0.6 is 0 Å². The molecular weight excluding hydrogens is 250 g/mol. The summed E-state index contributed by atoms with van der Waals surface area (Å²) in [5.74, 6) is 0.449. The zero-order chi connectivity index (χ0) is 13.8. The average molecular weight is 271 g/mol. The number of benzene rings is 1. The molecule has 0 aromatic heterocycles. The Bertz CT molecular complexity index is 464. The third-order valence-corrected chi connectivity index (χ3v) is 4.38. The lowest BCUT2D eigenvalue weighted by atomic mass is 9.83. The molecule has 0 spiro atoms. The highest BCUT2D eigenvalue weighted by Gasteiger charge is 2.20. The molecule has 0 aliphatic heterocycles. The van der Waals surface area contributed by atoms with Crippen molar-refractivity contribution in [1.82, 2.24) is 0 Å². The maximum Gasteiger partial charge on any atom is 0.238 e. The summed E-state index contributed by atoms with van der Waals surface area (Å²) in [6.45, 7) is 4.26. The number of nitrogens with two attached hydrogens (primary N) is 1. The zero-order valence-electron chi connectivity index (χ0n) is 10.8. The Balaban J connectivity index is 3.02. The van der Waals surface area contributed by atoms with Gasteiger partial charge in [0, 0.05) is 5.92 Å². The van der Waals surface area contributed by atoms with E-state index < -0.39 is 10.0 Å². The van der Waals surface area contributed by atoms with Gasteiger partial charge in [0.15, 0.2) is 0 Å². The average Bonchev–Trinajstić information content (AvgIpc) is 2.35. The third kappa shape index (κ3) is 3.54. The number of rotatable bonds is 6. The van der Waals surface area contributed by atoms with Crippen molar-refractivity contribution < 1.29 is 13.5 Å². The van der Waals surface area contributed by atoms with E-state index in [-0.39, 0.29) is 17.4 Å². The summed E-state index contributed by atoms with van der Waals surface area (Å²) in [6.07, 6.45) is 1.97. The molecule has 0 unspecified atom stereocenters. The first-order valence-electron chi connectivity index (χ1n) is 6.17. The van der Waals surface area contributed by atoms with Gasteiger partial charge < -0.3 is 5.11 Å². The summed E-state index contributed by atoms with van der Waals surface area (Å²) >= 11 is 0. The molecule has 1 atom stereocenters. The van der Waals surface area contributed by atoms with Crippen molar-refractivity contribution in [2.75, 3.05) is 6.61 Å². The van der Waals surface area contributed by atoms with Crippen LogP contribution in [0.4, 0.5) is 0 Å². The third-order valence-electron chi connectivity index (χ3n) is 3.45. The predicted molar refractivity (Wildman–Crippen MR) is 71.7 cm³/mol. The molecule has 0 saturated heterocycles. The molecule has 18 heavy (non-hydrogen) atoms. The van der Waals surface area contributed by atoms with Gasteiger partial charge in [0.25, 0.3) is 0 Å². The van der Waals surface area contributed by atoms with Gasteiger partial charge in [-0.05, 0) is 23.6 Å². The molecule has 0 fully saturated rings. The van der Waals surface area contributed by atoms with E-state index in [0.29, 0.717) is 5.92 Å². The van der Waals surface area contributed by atoms with E-state index >= 15 is 0 Å². The Morgan fingerprint density at radius 3 is 2.00 bits per heavy atom. The molecule has 1 aromatic carbocycles. The fourth-order valence-corrected chi connectivity index (χ4v) is 2.80. The van der Waals surface area contributed by atoms with Crippen molar-refractivity contribution in [1.29, 1.82) is 0 Å². The molecule has 0 aliphatic rings. The zero-order valence-corrected chi connectivity index (χ0v) is 11.7. The van der Waals surface area contributed by atoms with Crippen LogP contribution in [0.2, 0.25) is 0 Å². The second kappa shape index (κ2) is 6.31. The molecule has 4 nitrogen and oxygen atoms in total. The molecule has 5 heteroatoms. The number of sulfonamides is 1. The van der Waals surface area contributed by atoms with E-state index in [1.165, 1.54) is 12.1 Å². The molecule has 0 amide bonds. The van der Waals surface area contributed by atoms with Crippen LogP contribution in [0.5, 0.6) is 0 Å². The molecule has 0 bridgehead atoms. The minimum Gasteiger partial charge on any atom is -0.396 e. The van der Waals surface area contributed by atoms with E-state index in [1.54, 1.807) is 12.1 Å². The molecule has 0 heterocycles. The van der Waals surface area contributed by atoms with E-state index in [0.717, 1.165) is 18.4 Å². The predicted octanol–water partition coefficient (Wildman–Crippen LogP) is 1.85. The standard InChI is InChI=1S/C13H21NO3S/c1-3-10(4-2)13(9-15)11-5-7-12(8-6-11)18(14,16)17/h5-8,10,13,15H,3-4,9H2,1-2H3,(H2,14,16,17)/t13-/m0/s1. The maximum atomic E-state index is 11.2. The smallest absolute Gasteiger partial charge is 0.238 e. The topological polar surface area (TPSA) is 80.4 Å². The van der Waals surface area contributed by atoms with Gasteiger partial charge in [0.2, 0.25) is 10.0 Å². The summed E-state index contributed by atoms with van der Waals surface area (Å²) in [5, 5.41) is 14.5. The first-order chi connectivity index (χ1) is 8.43. The molecule has 0 saturated carbocycles. The van der Waals surface area contributed by atoms with Crippen molar-refractivity contribution in [3.8, 4) is 0 Å². The van der Waals surface area contributed by atoms with Crippen LogP contribution in [-0.4, -0.2) is 20.1 Å². The van der Waals surface area contributed by atoms with Gasteiger partial charge in [-0.15, -0.1) is 0 Å². The Hall–Kier alpha value is -0.910. The lowest BCUT2D eigenvalue weighted by Crippen LogP contribution is -2.16. The van der Waals surface area contributed by atoms with E-state index in [9.17, 15) is 13.5 Å². The van der Waals surface area contributed by atoms with Crippen LogP contribution in [0, 0.1) is 5.92 Å². The quantitative estimate of drug-likeness (QED) is 0.828. The normalized spacial score (nSPS) is 13.8. The summed E-state index contributed by atoms with van der Waals surface area (Å²) in [4.78, 5) is 0.104. The van der Waals surface area contributed by atoms with Crippen molar-refractivity contribution >= 4 is 10.0 Å². The van der Waals surface area contributed by atoms with Gasteiger partial charge in [-0.25, -0.2) is 13.6 Å². The summed E-state index contributed by atoms with van der Waals surface area (Å²) in [7, 11) is -3.65. The number of hydrogen-bond acceptors (Lipinski definition) is 3. The lowest BCUT2D eigenvalue weighted by Gasteiger charge is -2.23. The molecule has 0 aliphatic carbocycles. The van der Waals surface area contributed by atoms with Crippen LogP contribution in [0.15, 0.2) is 29.2 Å². The minimum atomic E-state index is -3.65. The van der Waals surface area contributed by atoms with Gasteiger partial charge in [-0.2, -0.15) is 0 Å². The number of primary sulfonamides is 1. The second-order valence-electron chi connectivity index (χ2n) is 4.48. The number of hydrogen-bond donors (Lipinski definition) is 2. The molecule has 3 N–H and O–H groups in total. The van der Waals surface area contributed by atoms with Crippen molar-refractivity contribution in [3.05, 3.63) is 29.8 Å². The Kier molecular flexibility index (Phi) is 5.31. The number of aliphatic hydroxyl groups is 1. The Morgan fingerprint density at radius 1 is 1.17 bits per heavy atom. The summed E-state index contributed by atoms with van der Waals surface area (Å²) in [6, 6.07) is 6.46. The highest BCUT2D eigenvalue weighted by Crippen LogP contribution is 2.29. The van der Waals surface area contributed by atoms with Crippen LogP contribution in [0.3, 0.4) is 0 Å². The lowest BCUT2D eigenvalue weighted by molar-refractivity contribution is 0.218. The molecular formula is C13H21NO3S. The van der Waals surface area contributed by atoms with Crippen LogP contribution < -0.4 is 5.14 Å². The maximum absolute atomic E-state index is 11.2. The highest BCUT2D eigenvalue weighted by atomic mass is 32.2. The fourth-order valence-electron chi connectivity index (χ4n) is 2.29.